The number of hydrogen-bond donors (Lipinski definition) is 1. The highest BCUT2D eigenvalue weighted by atomic mass is 19.1. The molecular formula is C12H20FNO3. The number of carbonyl (C=O) groups is 1. The van der Waals surface area contributed by atoms with Crippen LogP contribution >= 0.6 is 0 Å². The van der Waals surface area contributed by atoms with Gasteiger partial charge in [-0.15, -0.1) is 0 Å². The van der Waals surface area contributed by atoms with Gasteiger partial charge in [-0.2, -0.15) is 0 Å². The Morgan fingerprint density at radius 3 is 2.65 bits per heavy atom. The Morgan fingerprint density at radius 2 is 2.06 bits per heavy atom. The van der Waals surface area contributed by atoms with E-state index in [1.165, 1.54) is 4.90 Å². The zero-order valence-electron chi connectivity index (χ0n) is 10.5. The van der Waals surface area contributed by atoms with Crippen LogP contribution in [0, 0.1) is 0 Å². The molecule has 1 amide bonds. The quantitative estimate of drug-likeness (QED) is 0.708. The summed E-state index contributed by atoms with van der Waals surface area (Å²) in [7, 11) is 0. The minimum absolute atomic E-state index is 0.0724. The predicted molar refractivity (Wildman–Crippen MR) is 60.4 cm³/mol. The van der Waals surface area contributed by atoms with Crippen molar-refractivity contribution < 1.29 is 19.0 Å². The maximum Gasteiger partial charge on any atom is 0.410 e. The summed E-state index contributed by atoms with van der Waals surface area (Å²) in [4.78, 5) is 13.5. The lowest BCUT2D eigenvalue weighted by Gasteiger charge is -2.39. The second-order valence-electron chi connectivity index (χ2n) is 5.93. The molecule has 1 N–H and O–H groups in total. The van der Waals surface area contributed by atoms with Crippen molar-refractivity contribution in [3.8, 4) is 0 Å². The topological polar surface area (TPSA) is 49.8 Å². The number of alkyl halides is 1. The molecule has 98 valence electrons. The maximum atomic E-state index is 13.8. The average Bonchev–Trinajstić information content (AvgIpc) is 2.51. The first-order valence-electron chi connectivity index (χ1n) is 6.13. The van der Waals surface area contributed by atoms with E-state index in [-0.39, 0.29) is 6.04 Å². The van der Waals surface area contributed by atoms with Crippen molar-refractivity contribution >= 4 is 6.09 Å². The number of aliphatic hydroxyl groups is 1. The fraction of sp³-hybridized carbons (Fsp3) is 0.917. The molecule has 2 heterocycles. The van der Waals surface area contributed by atoms with Crippen LogP contribution in [0.2, 0.25) is 0 Å². The summed E-state index contributed by atoms with van der Waals surface area (Å²) in [6.45, 7) is 5.37. The first-order valence-corrected chi connectivity index (χ1v) is 6.13. The number of halogens is 1. The van der Waals surface area contributed by atoms with Crippen LogP contribution in [0.15, 0.2) is 0 Å². The third kappa shape index (κ3) is 2.39. The van der Waals surface area contributed by atoms with Gasteiger partial charge in [0.05, 0.1) is 12.1 Å². The number of hydrogen-bond acceptors (Lipinski definition) is 3. The molecule has 0 unspecified atom stereocenters. The van der Waals surface area contributed by atoms with E-state index < -0.39 is 30.0 Å². The van der Waals surface area contributed by atoms with E-state index in [0.29, 0.717) is 12.8 Å². The van der Waals surface area contributed by atoms with Crippen molar-refractivity contribution in [1.29, 1.82) is 0 Å². The number of ether oxygens (including phenoxy) is 1. The smallest absolute Gasteiger partial charge is 0.410 e. The molecule has 4 atom stereocenters. The molecule has 2 rings (SSSR count). The van der Waals surface area contributed by atoms with E-state index in [0.717, 1.165) is 6.42 Å². The van der Waals surface area contributed by atoms with Gasteiger partial charge in [-0.05, 0) is 40.0 Å². The second-order valence-corrected chi connectivity index (χ2v) is 5.93. The van der Waals surface area contributed by atoms with Crippen LogP contribution in [0.1, 0.15) is 40.0 Å². The van der Waals surface area contributed by atoms with Gasteiger partial charge >= 0.3 is 6.09 Å². The number of fused-ring (bicyclic) bond motifs is 2. The van der Waals surface area contributed by atoms with E-state index in [4.69, 9.17) is 4.74 Å². The van der Waals surface area contributed by atoms with Gasteiger partial charge in [-0.3, -0.25) is 4.90 Å². The lowest BCUT2D eigenvalue weighted by Crippen LogP contribution is -2.55. The molecule has 2 fully saturated rings. The molecule has 0 aromatic rings. The number of piperidine rings is 1. The van der Waals surface area contributed by atoms with Crippen LogP contribution in [0.4, 0.5) is 9.18 Å². The number of carbonyl (C=O) groups excluding carboxylic acids is 1. The Bertz CT molecular complexity index is 315. The fourth-order valence-corrected chi connectivity index (χ4v) is 2.72. The third-order valence-corrected chi connectivity index (χ3v) is 3.40. The molecule has 0 aromatic heterocycles. The largest absolute Gasteiger partial charge is 0.444 e. The lowest BCUT2D eigenvalue weighted by molar-refractivity contribution is -0.0478. The number of amides is 1. The van der Waals surface area contributed by atoms with Gasteiger partial charge < -0.3 is 9.84 Å². The molecule has 5 heteroatoms. The zero-order valence-corrected chi connectivity index (χ0v) is 10.5. The normalized spacial score (nSPS) is 37.1. The molecule has 2 saturated heterocycles. The fourth-order valence-electron chi connectivity index (χ4n) is 2.72. The van der Waals surface area contributed by atoms with Crippen LogP contribution in [-0.2, 0) is 4.74 Å². The van der Waals surface area contributed by atoms with E-state index in [2.05, 4.69) is 0 Å². The molecular weight excluding hydrogens is 225 g/mol. The van der Waals surface area contributed by atoms with E-state index >= 15 is 0 Å². The minimum atomic E-state index is -1.35. The molecule has 2 aliphatic rings. The maximum absolute atomic E-state index is 13.8. The van der Waals surface area contributed by atoms with Crippen molar-refractivity contribution in [2.24, 2.45) is 0 Å². The van der Waals surface area contributed by atoms with Crippen molar-refractivity contribution in [3.05, 3.63) is 0 Å². The second kappa shape index (κ2) is 4.12. The van der Waals surface area contributed by atoms with Crippen LogP contribution in [0.5, 0.6) is 0 Å². The molecule has 17 heavy (non-hydrogen) atoms. The highest BCUT2D eigenvalue weighted by molar-refractivity contribution is 5.69. The Balaban J connectivity index is 2.10. The van der Waals surface area contributed by atoms with Crippen LogP contribution in [-0.4, -0.2) is 46.1 Å². The molecule has 2 aliphatic heterocycles. The molecule has 0 aliphatic carbocycles. The molecule has 0 aromatic carbocycles. The predicted octanol–water partition coefficient (Wildman–Crippen LogP) is 1.86. The monoisotopic (exact) mass is 245 g/mol. The van der Waals surface area contributed by atoms with Gasteiger partial charge in [-0.1, -0.05) is 0 Å². The highest BCUT2D eigenvalue weighted by Crippen LogP contribution is 2.38. The summed E-state index contributed by atoms with van der Waals surface area (Å²) in [6, 6.07) is -0.588. The summed E-state index contributed by atoms with van der Waals surface area (Å²) < 4.78 is 19.1. The molecule has 0 saturated carbocycles. The lowest BCUT2D eigenvalue weighted by atomic mass is 9.98. The van der Waals surface area contributed by atoms with Crippen LogP contribution in [0.25, 0.3) is 0 Å². The SMILES string of the molecule is CC(C)(C)OC(=O)N1[C@@H]2CC[C@H]1[C@@H](F)[C@@H](O)C2. The van der Waals surface area contributed by atoms with Gasteiger partial charge in [0.1, 0.15) is 11.8 Å². The van der Waals surface area contributed by atoms with Crippen LogP contribution in [0.3, 0.4) is 0 Å². The zero-order chi connectivity index (χ0) is 12.8. The van der Waals surface area contributed by atoms with E-state index in [9.17, 15) is 14.3 Å². The Hall–Kier alpha value is -0.840. The van der Waals surface area contributed by atoms with Crippen molar-refractivity contribution in [3.63, 3.8) is 0 Å². The number of nitrogens with zero attached hydrogens (tertiary/aromatic N) is 1. The number of rotatable bonds is 0. The van der Waals surface area contributed by atoms with Crippen molar-refractivity contribution in [1.82, 2.24) is 4.90 Å². The van der Waals surface area contributed by atoms with Gasteiger partial charge in [-0.25, -0.2) is 9.18 Å². The molecule has 4 nitrogen and oxygen atoms in total. The van der Waals surface area contributed by atoms with Gasteiger partial charge in [0, 0.05) is 6.04 Å². The summed E-state index contributed by atoms with van der Waals surface area (Å²) in [5.74, 6) is 0. The summed E-state index contributed by atoms with van der Waals surface area (Å²) >= 11 is 0. The Labute approximate surface area is 101 Å². The van der Waals surface area contributed by atoms with Crippen LogP contribution < -0.4 is 0 Å². The first kappa shape index (κ1) is 12.6. The highest BCUT2D eigenvalue weighted by Gasteiger charge is 2.50. The standard InChI is InChI=1S/C12H20FNO3/c1-12(2,3)17-11(16)14-7-4-5-8(14)10(13)9(15)6-7/h7-10,15H,4-6H2,1-3H3/t7-,8+,9+,10-/m1/s1. The third-order valence-electron chi connectivity index (χ3n) is 3.40. The summed E-state index contributed by atoms with van der Waals surface area (Å²) in [6.07, 6.45) is -1.06. The van der Waals surface area contributed by atoms with Gasteiger partial charge in [0.15, 0.2) is 0 Å². The van der Waals surface area contributed by atoms with Gasteiger partial charge in [0.2, 0.25) is 0 Å². The first-order chi connectivity index (χ1) is 7.79. The molecule has 0 radical (unpaired) electrons. The molecule has 2 bridgehead atoms. The van der Waals surface area contributed by atoms with E-state index in [1.54, 1.807) is 20.8 Å². The van der Waals surface area contributed by atoms with E-state index in [1.807, 2.05) is 0 Å². The molecule has 0 spiro atoms. The minimum Gasteiger partial charge on any atom is -0.444 e. The number of aliphatic hydroxyl groups excluding tert-OH is 1. The average molecular weight is 245 g/mol. The Kier molecular flexibility index (Phi) is 3.06. The van der Waals surface area contributed by atoms with Crippen molar-refractivity contribution in [2.45, 2.75) is 70.0 Å². The summed E-state index contributed by atoms with van der Waals surface area (Å²) in [5, 5.41) is 9.54. The Morgan fingerprint density at radius 1 is 1.41 bits per heavy atom. The summed E-state index contributed by atoms with van der Waals surface area (Å²) in [5.41, 5.74) is -0.571. The van der Waals surface area contributed by atoms with Gasteiger partial charge in [0.25, 0.3) is 0 Å². The van der Waals surface area contributed by atoms with Crippen molar-refractivity contribution in [2.75, 3.05) is 0 Å².